The van der Waals surface area contributed by atoms with E-state index >= 15 is 0 Å². The molecule has 1 aliphatic carbocycles. The molecule has 0 unspecified atom stereocenters. The second-order valence-corrected chi connectivity index (χ2v) is 7.48. The van der Waals surface area contributed by atoms with Crippen LogP contribution in [0.15, 0.2) is 30.7 Å². The maximum atomic E-state index is 14.1. The van der Waals surface area contributed by atoms with E-state index < -0.39 is 5.95 Å². The number of H-pyrrole nitrogens is 1. The summed E-state index contributed by atoms with van der Waals surface area (Å²) in [6, 6.07) is 3.26. The van der Waals surface area contributed by atoms with Crippen molar-refractivity contribution >= 4 is 5.82 Å². The molecule has 3 aromatic heterocycles. The number of halogens is 1. The standard InChI is InChI=1S/C19H21FN6/c1-19(2)4-3-14-15(9-19)25-26-18(14)12-7-16(20)24-17(8-12)23-11-13-10-21-5-6-22-13/h5-8,10H,3-4,9,11H2,1-2H3,(H,23,24)(H,25,26). The fourth-order valence-electron chi connectivity index (χ4n) is 3.41. The molecule has 0 radical (unpaired) electrons. The lowest BCUT2D eigenvalue weighted by molar-refractivity contribution is 0.312. The molecule has 3 heterocycles. The SMILES string of the molecule is CC1(C)CCc2c(-c3cc(F)nc(NCc4cnccn4)c3)n[nH]c2C1. The summed E-state index contributed by atoms with van der Waals surface area (Å²) in [6.07, 6.45) is 7.90. The number of nitrogens with one attached hydrogen (secondary N) is 2. The number of rotatable bonds is 4. The summed E-state index contributed by atoms with van der Waals surface area (Å²) in [5, 5.41) is 10.7. The molecule has 0 saturated heterocycles. The largest absolute Gasteiger partial charge is 0.364 e. The first kappa shape index (κ1) is 16.6. The van der Waals surface area contributed by atoms with Crippen molar-refractivity contribution in [3.8, 4) is 11.3 Å². The fraction of sp³-hybridized carbons (Fsp3) is 0.368. The van der Waals surface area contributed by atoms with Gasteiger partial charge >= 0.3 is 0 Å². The first-order valence-corrected chi connectivity index (χ1v) is 8.73. The van der Waals surface area contributed by atoms with Gasteiger partial charge in [0, 0.05) is 35.3 Å². The van der Waals surface area contributed by atoms with E-state index in [9.17, 15) is 4.39 Å². The molecule has 3 aromatic rings. The van der Waals surface area contributed by atoms with E-state index in [-0.39, 0.29) is 5.41 Å². The van der Waals surface area contributed by atoms with E-state index in [1.54, 1.807) is 18.6 Å². The predicted molar refractivity (Wildman–Crippen MR) is 96.9 cm³/mol. The van der Waals surface area contributed by atoms with Crippen LogP contribution in [0.25, 0.3) is 11.3 Å². The quantitative estimate of drug-likeness (QED) is 0.702. The number of anilines is 1. The second-order valence-electron chi connectivity index (χ2n) is 7.48. The van der Waals surface area contributed by atoms with Gasteiger partial charge in [-0.3, -0.25) is 15.1 Å². The van der Waals surface area contributed by atoms with Crippen LogP contribution in [-0.2, 0) is 19.4 Å². The Hall–Kier alpha value is -2.83. The first-order chi connectivity index (χ1) is 12.5. The van der Waals surface area contributed by atoms with Gasteiger partial charge in [0.15, 0.2) is 0 Å². The summed E-state index contributed by atoms with van der Waals surface area (Å²) >= 11 is 0. The average Bonchev–Trinajstić information content (AvgIpc) is 3.02. The minimum absolute atomic E-state index is 0.268. The third-order valence-electron chi connectivity index (χ3n) is 4.79. The molecule has 0 aliphatic heterocycles. The molecular formula is C19H21FN6. The molecule has 1 aliphatic rings. The first-order valence-electron chi connectivity index (χ1n) is 8.73. The van der Waals surface area contributed by atoms with Gasteiger partial charge in [-0.2, -0.15) is 9.49 Å². The third kappa shape index (κ3) is 3.42. The maximum Gasteiger partial charge on any atom is 0.215 e. The van der Waals surface area contributed by atoms with Crippen LogP contribution in [0.5, 0.6) is 0 Å². The van der Waals surface area contributed by atoms with Crippen molar-refractivity contribution in [2.24, 2.45) is 5.41 Å². The lowest BCUT2D eigenvalue weighted by atomic mass is 9.76. The van der Waals surface area contributed by atoms with Crippen LogP contribution in [0, 0.1) is 11.4 Å². The summed E-state index contributed by atoms with van der Waals surface area (Å²) in [6.45, 7) is 4.95. The fourth-order valence-corrected chi connectivity index (χ4v) is 3.41. The summed E-state index contributed by atoms with van der Waals surface area (Å²) < 4.78 is 14.1. The van der Waals surface area contributed by atoms with Gasteiger partial charge < -0.3 is 5.32 Å². The molecule has 0 fully saturated rings. The van der Waals surface area contributed by atoms with Crippen LogP contribution < -0.4 is 5.32 Å². The highest BCUT2D eigenvalue weighted by molar-refractivity contribution is 5.67. The van der Waals surface area contributed by atoms with Crippen molar-refractivity contribution in [3.05, 3.63) is 53.6 Å². The normalized spacial score (nSPS) is 15.5. The highest BCUT2D eigenvalue weighted by Gasteiger charge is 2.29. The number of hydrogen-bond acceptors (Lipinski definition) is 5. The van der Waals surface area contributed by atoms with Crippen molar-refractivity contribution in [3.63, 3.8) is 0 Å². The summed E-state index contributed by atoms with van der Waals surface area (Å²) in [5.41, 5.74) is 4.93. The molecule has 0 bridgehead atoms. The lowest BCUT2D eigenvalue weighted by Crippen LogP contribution is -2.21. The molecule has 0 aromatic carbocycles. The Morgan fingerprint density at radius 2 is 2.15 bits per heavy atom. The van der Waals surface area contributed by atoms with Crippen molar-refractivity contribution in [2.45, 2.75) is 39.7 Å². The van der Waals surface area contributed by atoms with Gasteiger partial charge in [0.05, 0.1) is 24.1 Å². The van der Waals surface area contributed by atoms with E-state index in [2.05, 4.69) is 44.3 Å². The zero-order chi connectivity index (χ0) is 18.1. The Morgan fingerprint density at radius 3 is 2.96 bits per heavy atom. The Morgan fingerprint density at radius 1 is 1.27 bits per heavy atom. The van der Waals surface area contributed by atoms with Crippen molar-refractivity contribution < 1.29 is 4.39 Å². The monoisotopic (exact) mass is 352 g/mol. The number of aromatic nitrogens is 5. The Labute approximate surface area is 151 Å². The van der Waals surface area contributed by atoms with Crippen LogP contribution >= 0.6 is 0 Å². The molecule has 0 spiro atoms. The van der Waals surface area contributed by atoms with Crippen LogP contribution in [0.1, 0.15) is 37.2 Å². The summed E-state index contributed by atoms with van der Waals surface area (Å²) in [4.78, 5) is 12.1. The molecule has 2 N–H and O–H groups in total. The van der Waals surface area contributed by atoms with Gasteiger partial charge in [0.2, 0.25) is 5.95 Å². The van der Waals surface area contributed by atoms with E-state index in [1.807, 2.05) is 6.07 Å². The Balaban J connectivity index is 1.60. The second kappa shape index (κ2) is 6.48. The molecule has 0 amide bonds. The van der Waals surface area contributed by atoms with Gasteiger partial charge in [-0.05, 0) is 30.7 Å². The van der Waals surface area contributed by atoms with E-state index in [0.29, 0.717) is 12.4 Å². The molecule has 0 atom stereocenters. The molecule has 7 heteroatoms. The molecule has 6 nitrogen and oxygen atoms in total. The number of fused-ring (bicyclic) bond motifs is 1. The van der Waals surface area contributed by atoms with Gasteiger partial charge in [-0.25, -0.2) is 4.98 Å². The smallest absolute Gasteiger partial charge is 0.215 e. The average molecular weight is 352 g/mol. The van der Waals surface area contributed by atoms with Crippen molar-refractivity contribution in [1.82, 2.24) is 25.1 Å². The minimum atomic E-state index is -0.531. The topological polar surface area (TPSA) is 79.4 Å². The molecule has 134 valence electrons. The maximum absolute atomic E-state index is 14.1. The van der Waals surface area contributed by atoms with Crippen LogP contribution in [-0.4, -0.2) is 25.1 Å². The van der Waals surface area contributed by atoms with Gasteiger partial charge in [0.1, 0.15) is 5.82 Å². The van der Waals surface area contributed by atoms with Crippen LogP contribution in [0.3, 0.4) is 0 Å². The zero-order valence-corrected chi connectivity index (χ0v) is 14.9. The summed E-state index contributed by atoms with van der Waals surface area (Å²) in [7, 11) is 0. The number of hydrogen-bond donors (Lipinski definition) is 2. The van der Waals surface area contributed by atoms with E-state index in [0.717, 1.165) is 41.9 Å². The Bertz CT molecular complexity index is 919. The molecule has 0 saturated carbocycles. The van der Waals surface area contributed by atoms with E-state index in [4.69, 9.17) is 0 Å². The van der Waals surface area contributed by atoms with Gasteiger partial charge in [0.25, 0.3) is 0 Å². The summed E-state index contributed by atoms with van der Waals surface area (Å²) in [5.74, 6) is -0.0735. The van der Waals surface area contributed by atoms with Crippen LogP contribution in [0.4, 0.5) is 10.2 Å². The molecule has 4 rings (SSSR count). The minimum Gasteiger partial charge on any atom is -0.364 e. The van der Waals surface area contributed by atoms with E-state index in [1.165, 1.54) is 11.6 Å². The highest BCUT2D eigenvalue weighted by atomic mass is 19.1. The zero-order valence-electron chi connectivity index (χ0n) is 14.9. The number of aromatic amines is 1. The lowest BCUT2D eigenvalue weighted by Gasteiger charge is -2.29. The molecular weight excluding hydrogens is 331 g/mol. The van der Waals surface area contributed by atoms with Crippen molar-refractivity contribution in [2.75, 3.05) is 5.32 Å². The molecule has 26 heavy (non-hydrogen) atoms. The van der Waals surface area contributed by atoms with Crippen LogP contribution in [0.2, 0.25) is 0 Å². The number of nitrogens with zero attached hydrogens (tertiary/aromatic N) is 4. The predicted octanol–water partition coefficient (Wildman–Crippen LogP) is 3.53. The number of pyridine rings is 1. The Kier molecular flexibility index (Phi) is 4.14. The highest BCUT2D eigenvalue weighted by Crippen LogP contribution is 2.38. The van der Waals surface area contributed by atoms with Gasteiger partial charge in [-0.1, -0.05) is 13.8 Å². The third-order valence-corrected chi connectivity index (χ3v) is 4.79. The van der Waals surface area contributed by atoms with Gasteiger partial charge in [-0.15, -0.1) is 0 Å². The van der Waals surface area contributed by atoms with Crippen molar-refractivity contribution in [1.29, 1.82) is 0 Å².